The van der Waals surface area contributed by atoms with Crippen LogP contribution in [0.5, 0.6) is 11.5 Å². The van der Waals surface area contributed by atoms with Crippen LogP contribution in [0.15, 0.2) is 42.5 Å². The summed E-state index contributed by atoms with van der Waals surface area (Å²) in [4.78, 5) is 0.224. The van der Waals surface area contributed by atoms with Crippen molar-refractivity contribution in [3.8, 4) is 11.5 Å². The van der Waals surface area contributed by atoms with Crippen molar-refractivity contribution < 1.29 is 9.47 Å². The van der Waals surface area contributed by atoms with Crippen molar-refractivity contribution >= 4 is 15.9 Å². The third-order valence-electron chi connectivity index (χ3n) is 3.47. The largest absolute Gasteiger partial charge is 0.486 e. The molecule has 20 heavy (non-hydrogen) atoms. The van der Waals surface area contributed by atoms with Gasteiger partial charge in [-0.3, -0.25) is 0 Å². The molecule has 2 nitrogen and oxygen atoms in total. The first-order chi connectivity index (χ1) is 9.74. The summed E-state index contributed by atoms with van der Waals surface area (Å²) in [5.41, 5.74) is 3.75. The van der Waals surface area contributed by atoms with Gasteiger partial charge in [-0.15, -0.1) is 0 Å². The van der Waals surface area contributed by atoms with E-state index in [0.717, 1.165) is 23.5 Å². The zero-order valence-corrected chi connectivity index (χ0v) is 13.0. The maximum atomic E-state index is 5.78. The second-order valence-electron chi connectivity index (χ2n) is 5.03. The van der Waals surface area contributed by atoms with Gasteiger partial charge in [-0.1, -0.05) is 57.9 Å². The van der Waals surface area contributed by atoms with Crippen molar-refractivity contribution in [2.24, 2.45) is 0 Å². The Morgan fingerprint density at radius 1 is 1.05 bits per heavy atom. The van der Waals surface area contributed by atoms with Gasteiger partial charge in [-0.05, 0) is 25.0 Å². The first-order valence-electron chi connectivity index (χ1n) is 6.82. The van der Waals surface area contributed by atoms with Gasteiger partial charge in [0.15, 0.2) is 11.5 Å². The number of para-hydroxylation sites is 1. The summed E-state index contributed by atoms with van der Waals surface area (Å²) in [6.45, 7) is 3.35. The number of rotatable bonds is 3. The number of alkyl halides is 1. The third-order valence-corrected chi connectivity index (χ3v) is 4.29. The quantitative estimate of drug-likeness (QED) is 0.773. The highest BCUT2D eigenvalue weighted by Gasteiger charge is 2.20. The second-order valence-corrected chi connectivity index (χ2v) is 6.13. The molecule has 1 unspecified atom stereocenters. The molecule has 3 heteroatoms. The zero-order chi connectivity index (χ0) is 13.9. The molecule has 1 atom stereocenters. The lowest BCUT2D eigenvalue weighted by molar-refractivity contribution is 0.170. The van der Waals surface area contributed by atoms with Crippen LogP contribution in [0.2, 0.25) is 0 Å². The minimum Gasteiger partial charge on any atom is -0.486 e. The van der Waals surface area contributed by atoms with E-state index in [1.165, 1.54) is 11.1 Å². The van der Waals surface area contributed by atoms with E-state index < -0.39 is 0 Å². The lowest BCUT2D eigenvalue weighted by Crippen LogP contribution is -2.17. The van der Waals surface area contributed by atoms with Gasteiger partial charge in [0.05, 0.1) is 0 Å². The minimum absolute atomic E-state index is 0.224. The van der Waals surface area contributed by atoms with Crippen LogP contribution in [-0.2, 0) is 6.42 Å². The summed E-state index contributed by atoms with van der Waals surface area (Å²) in [5.74, 6) is 1.73. The smallest absolute Gasteiger partial charge is 0.165 e. The molecule has 0 amide bonds. The molecular formula is C17H17BrO2. The van der Waals surface area contributed by atoms with E-state index in [2.05, 4.69) is 53.2 Å². The van der Waals surface area contributed by atoms with Crippen LogP contribution < -0.4 is 9.47 Å². The molecule has 2 aromatic carbocycles. The topological polar surface area (TPSA) is 18.5 Å². The standard InChI is InChI=1S/C17H17BrO2/c1-12-5-7-13(8-6-12)11-15(18)14-3-2-4-16-17(14)20-10-9-19-16/h2-8,15H,9-11H2,1H3. The Morgan fingerprint density at radius 3 is 2.60 bits per heavy atom. The Labute approximate surface area is 127 Å². The van der Waals surface area contributed by atoms with Crippen LogP contribution in [0.3, 0.4) is 0 Å². The number of hydrogen-bond acceptors (Lipinski definition) is 2. The molecule has 0 saturated heterocycles. The number of ether oxygens (including phenoxy) is 2. The van der Waals surface area contributed by atoms with Gasteiger partial charge in [-0.25, -0.2) is 0 Å². The maximum absolute atomic E-state index is 5.78. The van der Waals surface area contributed by atoms with Gasteiger partial charge in [-0.2, -0.15) is 0 Å². The average Bonchev–Trinajstić information content (AvgIpc) is 2.49. The van der Waals surface area contributed by atoms with Gasteiger partial charge < -0.3 is 9.47 Å². The van der Waals surface area contributed by atoms with Crippen LogP contribution in [0.25, 0.3) is 0 Å². The molecule has 3 rings (SSSR count). The Hall–Kier alpha value is -1.48. The fourth-order valence-corrected chi connectivity index (χ4v) is 3.12. The predicted octanol–water partition coefficient (Wildman–Crippen LogP) is 4.44. The van der Waals surface area contributed by atoms with Crippen LogP contribution in [0, 0.1) is 6.92 Å². The number of halogens is 1. The number of fused-ring (bicyclic) bond motifs is 1. The van der Waals surface area contributed by atoms with E-state index >= 15 is 0 Å². The molecule has 0 bridgehead atoms. The van der Waals surface area contributed by atoms with Gasteiger partial charge in [0.25, 0.3) is 0 Å². The molecule has 2 aromatic rings. The Bertz CT molecular complexity index is 592. The molecule has 0 fully saturated rings. The molecular weight excluding hydrogens is 316 g/mol. The first-order valence-corrected chi connectivity index (χ1v) is 7.74. The molecule has 0 saturated carbocycles. The van der Waals surface area contributed by atoms with Gasteiger partial charge >= 0.3 is 0 Å². The van der Waals surface area contributed by atoms with E-state index in [4.69, 9.17) is 9.47 Å². The number of aryl methyl sites for hydroxylation is 1. The summed E-state index contributed by atoms with van der Waals surface area (Å²) in [6, 6.07) is 14.7. The van der Waals surface area contributed by atoms with Gasteiger partial charge in [0.1, 0.15) is 13.2 Å². The third kappa shape index (κ3) is 2.83. The molecule has 0 N–H and O–H groups in total. The summed E-state index contributed by atoms with van der Waals surface area (Å²) in [5, 5.41) is 0. The Morgan fingerprint density at radius 2 is 1.80 bits per heavy atom. The summed E-state index contributed by atoms with van der Waals surface area (Å²) in [7, 11) is 0. The molecule has 0 spiro atoms. The van der Waals surface area contributed by atoms with E-state index in [0.29, 0.717) is 13.2 Å². The number of hydrogen-bond donors (Lipinski definition) is 0. The monoisotopic (exact) mass is 332 g/mol. The summed E-state index contributed by atoms with van der Waals surface area (Å²) in [6.07, 6.45) is 0.931. The summed E-state index contributed by atoms with van der Waals surface area (Å²) < 4.78 is 11.4. The van der Waals surface area contributed by atoms with Crippen LogP contribution in [-0.4, -0.2) is 13.2 Å². The highest BCUT2D eigenvalue weighted by atomic mass is 79.9. The normalized spacial score (nSPS) is 14.9. The fourth-order valence-electron chi connectivity index (χ4n) is 2.38. The number of benzene rings is 2. The minimum atomic E-state index is 0.224. The van der Waals surface area contributed by atoms with Gasteiger partial charge in [0.2, 0.25) is 0 Å². The van der Waals surface area contributed by atoms with Crippen LogP contribution >= 0.6 is 15.9 Å². The maximum Gasteiger partial charge on any atom is 0.165 e. The van der Waals surface area contributed by atoms with Crippen LogP contribution in [0.1, 0.15) is 21.5 Å². The summed E-state index contributed by atoms with van der Waals surface area (Å²) >= 11 is 3.78. The fraction of sp³-hybridized carbons (Fsp3) is 0.294. The van der Waals surface area contributed by atoms with Crippen molar-refractivity contribution in [3.05, 3.63) is 59.2 Å². The molecule has 1 aliphatic heterocycles. The Kier molecular flexibility index (Phi) is 3.97. The Balaban J connectivity index is 1.83. The SMILES string of the molecule is Cc1ccc(CC(Br)c2cccc3c2OCCO3)cc1. The predicted molar refractivity (Wildman–Crippen MR) is 84.0 cm³/mol. The van der Waals surface area contributed by atoms with E-state index in [1.807, 2.05) is 12.1 Å². The van der Waals surface area contributed by atoms with E-state index in [1.54, 1.807) is 0 Å². The van der Waals surface area contributed by atoms with Crippen molar-refractivity contribution in [1.82, 2.24) is 0 Å². The van der Waals surface area contributed by atoms with Crippen molar-refractivity contribution in [2.45, 2.75) is 18.2 Å². The first kappa shape index (κ1) is 13.5. The second kappa shape index (κ2) is 5.88. The van der Waals surface area contributed by atoms with Crippen LogP contribution in [0.4, 0.5) is 0 Å². The molecule has 0 aliphatic carbocycles. The van der Waals surface area contributed by atoms with Crippen molar-refractivity contribution in [1.29, 1.82) is 0 Å². The average molecular weight is 333 g/mol. The molecule has 0 aromatic heterocycles. The van der Waals surface area contributed by atoms with Crippen molar-refractivity contribution in [2.75, 3.05) is 13.2 Å². The highest BCUT2D eigenvalue weighted by molar-refractivity contribution is 9.09. The molecule has 104 valence electrons. The van der Waals surface area contributed by atoms with Crippen molar-refractivity contribution in [3.63, 3.8) is 0 Å². The van der Waals surface area contributed by atoms with E-state index in [9.17, 15) is 0 Å². The van der Waals surface area contributed by atoms with Gasteiger partial charge in [0, 0.05) is 10.4 Å². The van der Waals surface area contributed by atoms with E-state index in [-0.39, 0.29) is 4.83 Å². The lowest BCUT2D eigenvalue weighted by atomic mass is 10.0. The zero-order valence-electron chi connectivity index (χ0n) is 11.4. The lowest BCUT2D eigenvalue weighted by Gasteiger charge is -2.23. The highest BCUT2D eigenvalue weighted by Crippen LogP contribution is 2.41. The molecule has 1 heterocycles. The molecule has 1 aliphatic rings. The molecule has 0 radical (unpaired) electrons.